The first-order valence-corrected chi connectivity index (χ1v) is 3.89. The molecule has 12 heavy (non-hydrogen) atoms. The summed E-state index contributed by atoms with van der Waals surface area (Å²) in [6.45, 7) is 2.06. The Labute approximate surface area is 71.8 Å². The molecule has 1 atom stereocenters. The molecule has 0 rings (SSSR count). The van der Waals surface area contributed by atoms with Crippen LogP contribution in [0, 0.1) is 0 Å². The van der Waals surface area contributed by atoms with Gasteiger partial charge in [-0.2, -0.15) is 0 Å². The van der Waals surface area contributed by atoms with Crippen LogP contribution in [0.3, 0.4) is 0 Å². The van der Waals surface area contributed by atoms with Crippen molar-refractivity contribution in [1.82, 2.24) is 0 Å². The highest BCUT2D eigenvalue weighted by molar-refractivity contribution is 5.75. The highest BCUT2D eigenvalue weighted by Gasteiger charge is 2.17. The topological polar surface area (TPSA) is 52.6 Å². The van der Waals surface area contributed by atoms with E-state index in [1.807, 2.05) is 0 Å². The van der Waals surface area contributed by atoms with Crippen molar-refractivity contribution in [1.29, 1.82) is 0 Å². The number of hydrogen-bond acceptors (Lipinski definition) is 4. The first-order valence-electron chi connectivity index (χ1n) is 3.89. The van der Waals surface area contributed by atoms with Gasteiger partial charge in [0.15, 0.2) is 6.10 Å². The van der Waals surface area contributed by atoms with Crippen LogP contribution in [0.25, 0.3) is 0 Å². The minimum atomic E-state index is -0.602. The third-order valence-electron chi connectivity index (χ3n) is 1.38. The Hall–Kier alpha value is -0.900. The van der Waals surface area contributed by atoms with Gasteiger partial charge in [0.1, 0.15) is 6.29 Å². The molecule has 0 N–H and O–H groups in total. The molecule has 0 aliphatic rings. The van der Waals surface area contributed by atoms with Crippen molar-refractivity contribution in [3.05, 3.63) is 0 Å². The summed E-state index contributed by atoms with van der Waals surface area (Å²) in [5.41, 5.74) is 0. The van der Waals surface area contributed by atoms with Crippen molar-refractivity contribution in [2.45, 2.75) is 25.9 Å². The molecule has 0 aliphatic carbocycles. The fourth-order valence-electron chi connectivity index (χ4n) is 0.787. The van der Waals surface area contributed by atoms with Gasteiger partial charge in [0.25, 0.3) is 0 Å². The van der Waals surface area contributed by atoms with Crippen LogP contribution in [0.4, 0.5) is 0 Å². The molecular weight excluding hydrogens is 160 g/mol. The highest BCUT2D eigenvalue weighted by Crippen LogP contribution is 2.02. The smallest absolute Gasteiger partial charge is 0.335 e. The fourth-order valence-corrected chi connectivity index (χ4v) is 0.787. The molecular formula is C8H14O4. The minimum Gasteiger partial charge on any atom is -0.464 e. The van der Waals surface area contributed by atoms with Crippen LogP contribution < -0.4 is 0 Å². The molecule has 0 fully saturated rings. The van der Waals surface area contributed by atoms with Crippen molar-refractivity contribution < 1.29 is 19.1 Å². The Morgan fingerprint density at radius 1 is 1.58 bits per heavy atom. The Morgan fingerprint density at radius 2 is 2.25 bits per heavy atom. The second kappa shape index (κ2) is 6.79. The minimum absolute atomic E-state index is 0.317. The lowest BCUT2D eigenvalue weighted by Gasteiger charge is -2.11. The number of esters is 1. The van der Waals surface area contributed by atoms with Gasteiger partial charge in [-0.1, -0.05) is 0 Å². The summed E-state index contributed by atoms with van der Waals surface area (Å²) in [6, 6.07) is 0. The SMILES string of the molecule is CCOC(=O)C(CCC=O)OC. The van der Waals surface area contributed by atoms with Gasteiger partial charge in [0, 0.05) is 13.5 Å². The zero-order chi connectivity index (χ0) is 9.40. The van der Waals surface area contributed by atoms with Gasteiger partial charge in [0.2, 0.25) is 0 Å². The average molecular weight is 174 g/mol. The van der Waals surface area contributed by atoms with Crippen LogP contribution in [0.15, 0.2) is 0 Å². The molecule has 0 bridgehead atoms. The van der Waals surface area contributed by atoms with Crippen LogP contribution in [-0.4, -0.2) is 32.1 Å². The number of methoxy groups -OCH3 is 1. The second-order valence-corrected chi connectivity index (χ2v) is 2.22. The van der Waals surface area contributed by atoms with Crippen molar-refractivity contribution in [2.75, 3.05) is 13.7 Å². The lowest BCUT2D eigenvalue weighted by Crippen LogP contribution is -2.25. The molecule has 1 unspecified atom stereocenters. The van der Waals surface area contributed by atoms with Crippen LogP contribution in [0.1, 0.15) is 19.8 Å². The summed E-state index contributed by atoms with van der Waals surface area (Å²) in [5.74, 6) is -0.401. The quantitative estimate of drug-likeness (QED) is 0.435. The van der Waals surface area contributed by atoms with E-state index < -0.39 is 12.1 Å². The molecule has 0 aromatic heterocycles. The number of ether oxygens (including phenoxy) is 2. The third-order valence-corrected chi connectivity index (χ3v) is 1.38. The zero-order valence-corrected chi connectivity index (χ0v) is 7.41. The molecule has 0 amide bonds. The Balaban J connectivity index is 3.78. The zero-order valence-electron chi connectivity index (χ0n) is 7.41. The van der Waals surface area contributed by atoms with E-state index in [9.17, 15) is 9.59 Å². The molecule has 4 nitrogen and oxygen atoms in total. The van der Waals surface area contributed by atoms with Crippen LogP contribution in [-0.2, 0) is 19.1 Å². The van der Waals surface area contributed by atoms with E-state index in [2.05, 4.69) is 0 Å². The van der Waals surface area contributed by atoms with Crippen molar-refractivity contribution in [3.63, 3.8) is 0 Å². The van der Waals surface area contributed by atoms with E-state index in [1.165, 1.54) is 7.11 Å². The van der Waals surface area contributed by atoms with Crippen molar-refractivity contribution >= 4 is 12.3 Å². The van der Waals surface area contributed by atoms with Gasteiger partial charge in [-0.05, 0) is 13.3 Å². The number of aldehydes is 1. The molecule has 0 radical (unpaired) electrons. The molecule has 0 heterocycles. The molecule has 4 heteroatoms. The monoisotopic (exact) mass is 174 g/mol. The van der Waals surface area contributed by atoms with Crippen molar-refractivity contribution in [3.8, 4) is 0 Å². The summed E-state index contributed by atoms with van der Waals surface area (Å²) in [4.78, 5) is 21.0. The summed E-state index contributed by atoms with van der Waals surface area (Å²) in [5, 5.41) is 0. The maximum Gasteiger partial charge on any atom is 0.335 e. The van der Waals surface area contributed by atoms with E-state index in [4.69, 9.17) is 9.47 Å². The van der Waals surface area contributed by atoms with Crippen LogP contribution in [0.2, 0.25) is 0 Å². The largest absolute Gasteiger partial charge is 0.464 e. The molecule has 0 spiro atoms. The standard InChI is InChI=1S/C8H14O4/c1-3-12-8(10)7(11-2)5-4-6-9/h6-7H,3-5H2,1-2H3. The molecule has 70 valence electrons. The summed E-state index contributed by atoms with van der Waals surface area (Å²) >= 11 is 0. The molecule has 0 saturated heterocycles. The Bertz CT molecular complexity index is 144. The highest BCUT2D eigenvalue weighted by atomic mass is 16.6. The maximum atomic E-state index is 11.0. The fraction of sp³-hybridized carbons (Fsp3) is 0.750. The van der Waals surface area contributed by atoms with E-state index in [0.717, 1.165) is 6.29 Å². The lowest BCUT2D eigenvalue weighted by molar-refractivity contribution is -0.155. The summed E-state index contributed by atoms with van der Waals surface area (Å²) in [6.07, 6.45) is 0.858. The second-order valence-electron chi connectivity index (χ2n) is 2.22. The molecule has 0 aromatic carbocycles. The van der Waals surface area contributed by atoms with Gasteiger partial charge < -0.3 is 14.3 Å². The molecule has 0 aliphatic heterocycles. The third kappa shape index (κ3) is 4.08. The van der Waals surface area contributed by atoms with E-state index in [-0.39, 0.29) is 0 Å². The molecule has 0 saturated carbocycles. The van der Waals surface area contributed by atoms with Crippen LogP contribution >= 0.6 is 0 Å². The molecule has 0 aromatic rings. The average Bonchev–Trinajstić information content (AvgIpc) is 2.06. The maximum absolute atomic E-state index is 11.0. The summed E-state index contributed by atoms with van der Waals surface area (Å²) < 4.78 is 9.55. The number of hydrogen-bond donors (Lipinski definition) is 0. The van der Waals surface area contributed by atoms with Gasteiger partial charge in [-0.25, -0.2) is 4.79 Å². The Morgan fingerprint density at radius 3 is 2.67 bits per heavy atom. The van der Waals surface area contributed by atoms with Crippen molar-refractivity contribution in [2.24, 2.45) is 0 Å². The van der Waals surface area contributed by atoms with Gasteiger partial charge >= 0.3 is 5.97 Å². The lowest BCUT2D eigenvalue weighted by atomic mass is 10.2. The normalized spacial score (nSPS) is 12.2. The number of carbonyl (C=O) groups is 2. The predicted octanol–water partition coefficient (Wildman–Crippen LogP) is 0.544. The van der Waals surface area contributed by atoms with Gasteiger partial charge in [0.05, 0.1) is 6.61 Å². The van der Waals surface area contributed by atoms with E-state index >= 15 is 0 Å². The van der Waals surface area contributed by atoms with Gasteiger partial charge in [-0.3, -0.25) is 0 Å². The summed E-state index contributed by atoms with van der Waals surface area (Å²) in [7, 11) is 1.42. The van der Waals surface area contributed by atoms with Crippen LogP contribution in [0.5, 0.6) is 0 Å². The number of carbonyl (C=O) groups excluding carboxylic acids is 2. The Kier molecular flexibility index (Phi) is 6.28. The first-order chi connectivity index (χ1) is 5.76. The predicted molar refractivity (Wildman–Crippen MR) is 42.7 cm³/mol. The van der Waals surface area contributed by atoms with E-state index in [1.54, 1.807) is 6.92 Å². The first kappa shape index (κ1) is 11.1. The van der Waals surface area contributed by atoms with E-state index in [0.29, 0.717) is 19.4 Å². The number of rotatable bonds is 6. The van der Waals surface area contributed by atoms with Gasteiger partial charge in [-0.15, -0.1) is 0 Å².